The molecule has 3 heterocycles. The number of nitrogens with one attached hydrogen (secondary N) is 1. The molecule has 0 bridgehead atoms. The van der Waals surface area contributed by atoms with Crippen molar-refractivity contribution in [2.24, 2.45) is 0 Å². The molecule has 2 aromatic carbocycles. The summed E-state index contributed by atoms with van der Waals surface area (Å²) in [6, 6.07) is 15.0. The highest BCUT2D eigenvalue weighted by Crippen LogP contribution is 2.26. The van der Waals surface area contributed by atoms with Gasteiger partial charge in [-0.3, -0.25) is 4.79 Å². The zero-order valence-corrected chi connectivity index (χ0v) is 21.1. The van der Waals surface area contributed by atoms with E-state index in [2.05, 4.69) is 45.4 Å². The molecule has 0 saturated heterocycles. The number of benzene rings is 2. The quantitative estimate of drug-likeness (QED) is 0.340. The molecule has 5 aromatic rings. The van der Waals surface area contributed by atoms with Crippen LogP contribution in [0.25, 0.3) is 22.5 Å². The number of hydrogen-bond acceptors (Lipinski definition) is 7. The number of rotatable bonds is 8. The second-order valence-electron chi connectivity index (χ2n) is 8.53. The Hall–Kier alpha value is -4.73. The first-order valence-corrected chi connectivity index (χ1v) is 11.9. The van der Waals surface area contributed by atoms with Crippen molar-refractivity contribution in [3.63, 3.8) is 0 Å². The van der Waals surface area contributed by atoms with Crippen molar-refractivity contribution >= 4 is 22.8 Å². The van der Waals surface area contributed by atoms with E-state index in [-0.39, 0.29) is 12.5 Å². The normalized spacial score (nSPS) is 11.0. The van der Waals surface area contributed by atoms with Crippen molar-refractivity contribution < 1.29 is 14.3 Å². The Morgan fingerprint density at radius 1 is 0.973 bits per heavy atom. The highest BCUT2D eigenvalue weighted by molar-refractivity contribution is 5.92. The molecule has 37 heavy (non-hydrogen) atoms. The van der Waals surface area contributed by atoms with Gasteiger partial charge < -0.3 is 14.8 Å². The zero-order valence-electron chi connectivity index (χ0n) is 21.1. The maximum absolute atomic E-state index is 12.7. The Morgan fingerprint density at radius 3 is 2.49 bits per heavy atom. The average molecular weight is 498 g/mol. The van der Waals surface area contributed by atoms with Crippen LogP contribution in [0.5, 0.6) is 11.5 Å². The Kier molecular flexibility index (Phi) is 6.55. The smallest absolute Gasteiger partial charge is 0.263 e. The number of ether oxygens (including phenoxy) is 2. The second kappa shape index (κ2) is 10.1. The first-order valence-electron chi connectivity index (χ1n) is 11.9. The van der Waals surface area contributed by atoms with E-state index in [9.17, 15) is 4.79 Å². The van der Waals surface area contributed by atoms with E-state index in [4.69, 9.17) is 9.47 Å². The van der Waals surface area contributed by atoms with Crippen LogP contribution in [0.15, 0.2) is 61.1 Å². The minimum atomic E-state index is -0.327. The highest BCUT2D eigenvalue weighted by Gasteiger charge is 2.18. The van der Waals surface area contributed by atoms with Gasteiger partial charge in [-0.25, -0.2) is 14.6 Å². The first-order chi connectivity index (χ1) is 17.9. The van der Waals surface area contributed by atoms with Crippen LogP contribution >= 0.6 is 0 Å². The molecule has 0 aliphatic rings. The van der Waals surface area contributed by atoms with Gasteiger partial charge in [-0.2, -0.15) is 14.9 Å². The molecule has 0 unspecified atom stereocenters. The minimum absolute atomic E-state index is 0.165. The van der Waals surface area contributed by atoms with Crippen LogP contribution in [0.3, 0.4) is 0 Å². The van der Waals surface area contributed by atoms with Gasteiger partial charge in [0.25, 0.3) is 5.91 Å². The molecular weight excluding hydrogens is 470 g/mol. The maximum Gasteiger partial charge on any atom is 0.263 e. The summed E-state index contributed by atoms with van der Waals surface area (Å²) < 4.78 is 14.4. The van der Waals surface area contributed by atoms with E-state index >= 15 is 0 Å². The molecule has 0 atom stereocenters. The van der Waals surface area contributed by atoms with Crippen molar-refractivity contribution in [3.05, 3.63) is 77.9 Å². The SMILES string of the molecule is CCOc1ccc(OCC(=O)Nc2cc(C)nn2-c2ncnc3c2cnn3-c2cccc(C)c2C)cc1. The van der Waals surface area contributed by atoms with Gasteiger partial charge >= 0.3 is 0 Å². The predicted molar refractivity (Wildman–Crippen MR) is 140 cm³/mol. The number of hydrogen-bond donors (Lipinski definition) is 1. The molecule has 188 valence electrons. The largest absolute Gasteiger partial charge is 0.494 e. The molecule has 5 rings (SSSR count). The molecular formula is C27H27N7O3. The van der Waals surface area contributed by atoms with Gasteiger partial charge in [-0.05, 0) is 69.2 Å². The lowest BCUT2D eigenvalue weighted by molar-refractivity contribution is -0.118. The zero-order chi connectivity index (χ0) is 25.9. The van der Waals surface area contributed by atoms with Crippen molar-refractivity contribution in [2.75, 3.05) is 18.5 Å². The van der Waals surface area contributed by atoms with Gasteiger partial charge in [-0.1, -0.05) is 12.1 Å². The summed E-state index contributed by atoms with van der Waals surface area (Å²) in [4.78, 5) is 21.7. The van der Waals surface area contributed by atoms with Crippen LogP contribution in [0.4, 0.5) is 5.82 Å². The van der Waals surface area contributed by atoms with E-state index in [1.54, 1.807) is 45.9 Å². The molecule has 1 N–H and O–H groups in total. The van der Waals surface area contributed by atoms with Crippen LogP contribution in [0.1, 0.15) is 23.7 Å². The number of fused-ring (bicyclic) bond motifs is 1. The molecule has 10 nitrogen and oxygen atoms in total. The van der Waals surface area contributed by atoms with E-state index < -0.39 is 0 Å². The van der Waals surface area contributed by atoms with Crippen LogP contribution < -0.4 is 14.8 Å². The van der Waals surface area contributed by atoms with Crippen LogP contribution in [0, 0.1) is 20.8 Å². The fraction of sp³-hybridized carbons (Fsp3) is 0.222. The van der Waals surface area contributed by atoms with Crippen molar-refractivity contribution in [2.45, 2.75) is 27.7 Å². The third kappa shape index (κ3) is 4.86. The van der Waals surface area contributed by atoms with E-state index in [0.717, 1.165) is 28.3 Å². The minimum Gasteiger partial charge on any atom is -0.494 e. The second-order valence-corrected chi connectivity index (χ2v) is 8.53. The Balaban J connectivity index is 1.39. The monoisotopic (exact) mass is 497 g/mol. The summed E-state index contributed by atoms with van der Waals surface area (Å²) in [5.74, 6) is 1.97. The summed E-state index contributed by atoms with van der Waals surface area (Å²) >= 11 is 0. The lowest BCUT2D eigenvalue weighted by Crippen LogP contribution is -2.22. The molecule has 0 fully saturated rings. The Bertz CT molecular complexity index is 1570. The molecule has 0 aliphatic heterocycles. The molecule has 0 saturated carbocycles. The first kappa shape index (κ1) is 24.0. The predicted octanol–water partition coefficient (Wildman–Crippen LogP) is 4.34. The maximum atomic E-state index is 12.7. The molecule has 1 amide bonds. The molecule has 3 aromatic heterocycles. The van der Waals surface area contributed by atoms with Crippen molar-refractivity contribution in [1.82, 2.24) is 29.5 Å². The van der Waals surface area contributed by atoms with Gasteiger partial charge in [0.2, 0.25) is 0 Å². The summed E-state index contributed by atoms with van der Waals surface area (Å²) in [5.41, 5.74) is 4.58. The van der Waals surface area contributed by atoms with Gasteiger partial charge in [0, 0.05) is 6.07 Å². The van der Waals surface area contributed by atoms with Gasteiger partial charge in [-0.15, -0.1) is 0 Å². The van der Waals surface area contributed by atoms with E-state index in [0.29, 0.717) is 35.0 Å². The van der Waals surface area contributed by atoms with Gasteiger partial charge in [0.15, 0.2) is 18.1 Å². The third-order valence-electron chi connectivity index (χ3n) is 5.95. The summed E-state index contributed by atoms with van der Waals surface area (Å²) in [6.07, 6.45) is 3.18. The van der Waals surface area contributed by atoms with Crippen LogP contribution in [-0.2, 0) is 4.79 Å². The van der Waals surface area contributed by atoms with Crippen LogP contribution in [0.2, 0.25) is 0 Å². The number of nitrogens with zero attached hydrogens (tertiary/aromatic N) is 6. The summed E-state index contributed by atoms with van der Waals surface area (Å²) in [5, 5.41) is 12.7. The van der Waals surface area contributed by atoms with Gasteiger partial charge in [0.1, 0.15) is 23.6 Å². The number of aromatic nitrogens is 6. The van der Waals surface area contributed by atoms with Crippen LogP contribution in [-0.4, -0.2) is 48.6 Å². The number of aryl methyl sites for hydroxylation is 2. The van der Waals surface area contributed by atoms with Crippen molar-refractivity contribution in [1.29, 1.82) is 0 Å². The van der Waals surface area contributed by atoms with E-state index in [1.165, 1.54) is 6.33 Å². The molecule has 0 spiro atoms. The number of amides is 1. The molecule has 0 radical (unpaired) electrons. The fourth-order valence-electron chi connectivity index (χ4n) is 4.02. The topological polar surface area (TPSA) is 109 Å². The lowest BCUT2D eigenvalue weighted by atomic mass is 10.1. The summed E-state index contributed by atoms with van der Waals surface area (Å²) in [7, 11) is 0. The lowest BCUT2D eigenvalue weighted by Gasteiger charge is -2.11. The molecule has 0 aliphatic carbocycles. The van der Waals surface area contributed by atoms with Gasteiger partial charge in [0.05, 0.1) is 29.6 Å². The van der Waals surface area contributed by atoms with E-state index in [1.807, 2.05) is 26.0 Å². The number of carbonyl (C=O) groups is 1. The number of anilines is 1. The number of carbonyl (C=O) groups excluding carboxylic acids is 1. The standard InChI is InChI=1S/C27H27N7O3/c1-5-36-20-9-11-21(12-10-20)37-15-25(35)31-24-13-18(3)32-34(24)27-22-14-30-33(26(22)28-16-29-27)23-8-6-7-17(2)19(23)4/h6-14,16H,5,15H2,1-4H3,(H,31,35). The Labute approximate surface area is 213 Å². The highest BCUT2D eigenvalue weighted by atomic mass is 16.5. The fourth-order valence-corrected chi connectivity index (χ4v) is 4.02. The van der Waals surface area contributed by atoms with Crippen molar-refractivity contribution in [3.8, 4) is 23.0 Å². The summed E-state index contributed by atoms with van der Waals surface area (Å²) in [6.45, 7) is 8.31. The molecule has 10 heteroatoms. The Morgan fingerprint density at radius 2 is 1.73 bits per heavy atom. The average Bonchev–Trinajstić information content (AvgIpc) is 3.48. The third-order valence-corrected chi connectivity index (χ3v) is 5.95.